The summed E-state index contributed by atoms with van der Waals surface area (Å²) in [5.74, 6) is -8.98. The number of epoxide rings is 1. The summed E-state index contributed by atoms with van der Waals surface area (Å²) < 4.78 is 30.1. The highest BCUT2D eigenvalue weighted by Crippen LogP contribution is 2.79. The van der Waals surface area contributed by atoms with E-state index in [4.69, 9.17) is 23.7 Å². The Morgan fingerprint density at radius 1 is 0.854 bits per heavy atom. The van der Waals surface area contributed by atoms with Crippen molar-refractivity contribution in [2.75, 3.05) is 0 Å². The molecule has 0 aromatic heterocycles. The highest BCUT2D eigenvalue weighted by molar-refractivity contribution is 5.88. The van der Waals surface area contributed by atoms with Crippen LogP contribution >= 0.6 is 0 Å². The Bertz CT molecular complexity index is 1550. The topological polar surface area (TPSA) is 217 Å². The summed E-state index contributed by atoms with van der Waals surface area (Å²) in [5.41, 5.74) is -7.27. The Balaban J connectivity index is 1.38. The van der Waals surface area contributed by atoms with Crippen molar-refractivity contribution in [3.05, 3.63) is 0 Å². The molecule has 8 rings (SSSR count). The number of carbonyl (C=O) groups is 5. The van der Waals surface area contributed by atoms with Crippen LogP contribution in [0.3, 0.4) is 0 Å². The van der Waals surface area contributed by atoms with Crippen molar-refractivity contribution in [2.24, 2.45) is 57.7 Å². The predicted molar refractivity (Wildman–Crippen MR) is 158 cm³/mol. The van der Waals surface area contributed by atoms with Crippen molar-refractivity contribution in [3.8, 4) is 0 Å². The highest BCUT2D eigenvalue weighted by Gasteiger charge is 2.91. The summed E-state index contributed by atoms with van der Waals surface area (Å²) in [7, 11) is 0. The van der Waals surface area contributed by atoms with Gasteiger partial charge in [-0.1, -0.05) is 27.7 Å². The number of carbonyl (C=O) groups excluding carboxylic acids is 5. The van der Waals surface area contributed by atoms with Crippen LogP contribution in [-0.4, -0.2) is 105 Å². The molecule has 0 radical (unpaired) electrons. The minimum absolute atomic E-state index is 0.242. The van der Waals surface area contributed by atoms with Crippen LogP contribution in [0.5, 0.6) is 0 Å². The largest absolute Gasteiger partial charge is 0.459 e. The maximum Gasteiger partial charge on any atom is 0.340 e. The molecule has 3 saturated heterocycles. The molecule has 0 amide bonds. The van der Waals surface area contributed by atoms with Crippen LogP contribution < -0.4 is 5.32 Å². The number of aliphatic hydroxyl groups excluding tert-OH is 2. The lowest BCUT2D eigenvalue weighted by molar-refractivity contribution is -0.273. The lowest BCUT2D eigenvalue weighted by Gasteiger charge is -2.65. The minimum Gasteiger partial charge on any atom is -0.459 e. The van der Waals surface area contributed by atoms with Crippen LogP contribution in [0.1, 0.15) is 61.8 Å². The highest BCUT2D eigenvalue weighted by atomic mass is 16.6. The fourth-order valence-corrected chi connectivity index (χ4v) is 13.1. The van der Waals surface area contributed by atoms with E-state index < -0.39 is 135 Å². The van der Waals surface area contributed by atoms with Gasteiger partial charge in [0.1, 0.15) is 30.5 Å². The number of ketones is 1. The molecule has 48 heavy (non-hydrogen) atoms. The summed E-state index contributed by atoms with van der Waals surface area (Å²) in [6.45, 7) is 12.3. The maximum absolute atomic E-state index is 14.4. The lowest BCUT2D eigenvalue weighted by Crippen LogP contribution is -2.74. The first-order valence-corrected chi connectivity index (χ1v) is 17.0. The van der Waals surface area contributed by atoms with E-state index >= 15 is 0 Å². The zero-order chi connectivity index (χ0) is 35.0. The Hall–Kier alpha value is -2.65. The van der Waals surface area contributed by atoms with E-state index in [9.17, 15) is 39.3 Å². The lowest BCUT2D eigenvalue weighted by atomic mass is 9.41. The molecule has 8 fully saturated rings. The molecule has 0 aromatic carbocycles. The number of Topliss-reactive ketones (excluding diaryl/α,β-unsaturated/α-hetero) is 1. The van der Waals surface area contributed by atoms with Crippen molar-refractivity contribution in [2.45, 2.75) is 122 Å². The summed E-state index contributed by atoms with van der Waals surface area (Å²) >= 11 is 0. The van der Waals surface area contributed by atoms with Crippen LogP contribution in [0, 0.1) is 57.7 Å². The Labute approximate surface area is 277 Å². The number of aliphatic hydroxyl groups is 3. The number of ether oxygens (including phenoxy) is 5. The molecule has 4 N–H and O–H groups in total. The number of hydrogen-bond donors (Lipinski definition) is 4. The third kappa shape index (κ3) is 3.39. The molecule has 3 heterocycles. The monoisotopic (exact) mass is 675 g/mol. The molecule has 3 aliphatic heterocycles. The number of nitrogens with one attached hydrogen (secondary N) is 1. The van der Waals surface area contributed by atoms with Gasteiger partial charge in [0.25, 0.3) is 0 Å². The van der Waals surface area contributed by atoms with E-state index in [1.165, 1.54) is 27.7 Å². The van der Waals surface area contributed by atoms with Gasteiger partial charge < -0.3 is 39.0 Å². The first-order valence-electron chi connectivity index (χ1n) is 17.0. The van der Waals surface area contributed by atoms with Gasteiger partial charge in [0.05, 0.1) is 23.7 Å². The molecule has 0 aromatic rings. The third-order valence-electron chi connectivity index (χ3n) is 14.9. The summed E-state index contributed by atoms with van der Waals surface area (Å²) in [4.78, 5) is 66.3. The second-order valence-electron chi connectivity index (χ2n) is 16.7. The van der Waals surface area contributed by atoms with Crippen molar-refractivity contribution in [1.82, 2.24) is 5.32 Å². The molecule has 2 unspecified atom stereocenters. The summed E-state index contributed by atoms with van der Waals surface area (Å²) in [6, 6.07) is -0.428. The van der Waals surface area contributed by atoms with Crippen molar-refractivity contribution < 1.29 is 63.0 Å². The zero-order valence-corrected chi connectivity index (χ0v) is 28.3. The van der Waals surface area contributed by atoms with Crippen LogP contribution in [0.15, 0.2) is 0 Å². The third-order valence-corrected chi connectivity index (χ3v) is 14.9. The van der Waals surface area contributed by atoms with Gasteiger partial charge in [-0.3, -0.25) is 24.5 Å². The Kier molecular flexibility index (Phi) is 6.35. The van der Waals surface area contributed by atoms with E-state index in [1.54, 1.807) is 13.8 Å². The van der Waals surface area contributed by atoms with Gasteiger partial charge in [-0.2, -0.15) is 0 Å². The minimum atomic E-state index is -2.05. The smallest absolute Gasteiger partial charge is 0.340 e. The fourth-order valence-electron chi connectivity index (χ4n) is 13.1. The van der Waals surface area contributed by atoms with Crippen LogP contribution in [0.25, 0.3) is 0 Å². The molecular formula is C34H45NO13. The van der Waals surface area contributed by atoms with Gasteiger partial charge in [-0.15, -0.1) is 0 Å². The van der Waals surface area contributed by atoms with Gasteiger partial charge in [0, 0.05) is 61.2 Å². The van der Waals surface area contributed by atoms with E-state index in [0.29, 0.717) is 0 Å². The molecule has 5 saturated carbocycles. The quantitative estimate of drug-likeness (QED) is 0.171. The summed E-state index contributed by atoms with van der Waals surface area (Å²) in [5, 5.41) is 40.2. The second kappa shape index (κ2) is 9.36. The zero-order valence-electron chi connectivity index (χ0n) is 28.3. The van der Waals surface area contributed by atoms with E-state index in [0.717, 1.165) is 0 Å². The number of fused-ring (bicyclic) bond motifs is 9. The van der Waals surface area contributed by atoms with Crippen molar-refractivity contribution in [1.29, 1.82) is 0 Å². The second-order valence-corrected chi connectivity index (χ2v) is 16.7. The van der Waals surface area contributed by atoms with Gasteiger partial charge >= 0.3 is 23.9 Å². The molecule has 8 aliphatic rings. The molecule has 0 bridgehead atoms. The normalized spacial score (nSPS) is 59.6. The van der Waals surface area contributed by atoms with Crippen LogP contribution in [0.2, 0.25) is 0 Å². The molecular weight excluding hydrogens is 630 g/mol. The average Bonchev–Trinajstić information content (AvgIpc) is 3.88. The van der Waals surface area contributed by atoms with Gasteiger partial charge in [-0.05, 0) is 25.2 Å². The first-order chi connectivity index (χ1) is 22.2. The fraction of sp³-hybridized carbons (Fsp3) is 0.853. The van der Waals surface area contributed by atoms with Crippen LogP contribution in [-0.2, 0) is 47.7 Å². The van der Waals surface area contributed by atoms with E-state index in [2.05, 4.69) is 5.32 Å². The Morgan fingerprint density at radius 2 is 1.46 bits per heavy atom. The van der Waals surface area contributed by atoms with Gasteiger partial charge in [0.15, 0.2) is 17.1 Å². The number of hydrogen-bond acceptors (Lipinski definition) is 14. The summed E-state index contributed by atoms with van der Waals surface area (Å²) in [6.07, 6.45) is -7.08. The first kappa shape index (κ1) is 32.5. The molecule has 20 atom stereocenters. The maximum atomic E-state index is 14.4. The van der Waals surface area contributed by atoms with Crippen molar-refractivity contribution >= 4 is 29.7 Å². The average molecular weight is 676 g/mol. The van der Waals surface area contributed by atoms with Gasteiger partial charge in [0.2, 0.25) is 0 Å². The SMILES string of the molecule is CC(=O)O[C@H]1C2C([C@@H]3[C@@H](O)[C@@H]4[C@H]([C@H](C)[C@H]5N[C@]56OC(=O)[C@@](C)(O)[C@]46C)[C@@]3(C)[C@H]1OC(C)=O)[C@@H](O)C(=O)[C@H]1C[C@@H]3O[C@@H]3[C@H](OC(C)=O)[C@]21C. The molecule has 14 heteroatoms. The van der Waals surface area contributed by atoms with Gasteiger partial charge in [-0.25, -0.2) is 4.79 Å². The standard InChI is InChI=1S/C34H45NO13/c1-10-17-20(32(7)33(8,43)29(42)48-34(32)26(10)35-34)23(41)18-16-19(25(44-11(2)36)28(31(17,18)6)46-13(4)38)30(5)14(21(39)22(16)40)9-15-24(47-15)27(30)45-12(3)37/h10,14-20,22-28,35,40-41,43H,9H2,1-8H3/t10-,14+,15-,16?,17-,18+,19?,20-,22+,23+,24-,25-,26+,27-,28-,30-,31+,32-,33+,34-/m0/s1. The van der Waals surface area contributed by atoms with E-state index in [1.807, 2.05) is 13.8 Å². The van der Waals surface area contributed by atoms with Crippen molar-refractivity contribution in [3.63, 3.8) is 0 Å². The molecule has 264 valence electrons. The Morgan fingerprint density at radius 3 is 2.06 bits per heavy atom. The number of rotatable bonds is 3. The number of esters is 4. The molecule has 1 spiro atoms. The van der Waals surface area contributed by atoms with Crippen LogP contribution in [0.4, 0.5) is 0 Å². The predicted octanol–water partition coefficient (Wildman–Crippen LogP) is -0.374. The van der Waals surface area contributed by atoms with E-state index in [-0.39, 0.29) is 18.4 Å². The molecule has 14 nitrogen and oxygen atoms in total. The molecule has 5 aliphatic carbocycles.